The Bertz CT molecular complexity index is 613. The molecular weight excluding hydrogens is 310 g/mol. The number of hydrogen-bond donors (Lipinski definition) is 0. The maximum absolute atomic E-state index is 12.8. The second-order valence-electron chi connectivity index (χ2n) is 5.32. The summed E-state index contributed by atoms with van der Waals surface area (Å²) in [6.07, 6.45) is 2.84. The molecule has 1 aliphatic rings. The summed E-state index contributed by atoms with van der Waals surface area (Å²) in [5.41, 5.74) is 0.609. The summed E-state index contributed by atoms with van der Waals surface area (Å²) in [5, 5.41) is 1.69. The molecule has 118 valence electrons. The minimum Gasteiger partial charge on any atom is -0.465 e. The second-order valence-corrected chi connectivity index (χ2v) is 8.08. The van der Waals surface area contributed by atoms with Gasteiger partial charge in [-0.05, 0) is 36.6 Å². The molecule has 7 heteroatoms. The normalized spacial score (nSPS) is 17.9. The monoisotopic (exact) mass is 331 g/mol. The van der Waals surface area contributed by atoms with E-state index in [1.165, 1.54) is 11.4 Å². The first-order chi connectivity index (χ1) is 9.91. The number of carbonyl (C=O) groups is 1. The van der Waals surface area contributed by atoms with Crippen LogP contribution in [0.25, 0.3) is 0 Å². The number of nitrogens with zero attached hydrogens (tertiary/aromatic N) is 1. The Morgan fingerprint density at radius 2 is 2.05 bits per heavy atom. The largest absolute Gasteiger partial charge is 0.465 e. The minimum absolute atomic E-state index is 0.120. The zero-order valence-corrected chi connectivity index (χ0v) is 14.2. The van der Waals surface area contributed by atoms with Crippen molar-refractivity contribution in [1.29, 1.82) is 0 Å². The molecule has 0 aromatic carbocycles. The lowest BCUT2D eigenvalue weighted by Gasteiger charge is -2.30. The van der Waals surface area contributed by atoms with Crippen LogP contribution in [0.5, 0.6) is 0 Å². The van der Waals surface area contributed by atoms with Gasteiger partial charge < -0.3 is 4.74 Å². The zero-order chi connectivity index (χ0) is 15.6. The zero-order valence-electron chi connectivity index (χ0n) is 12.6. The van der Waals surface area contributed by atoms with E-state index in [-0.39, 0.29) is 9.77 Å². The van der Waals surface area contributed by atoms with Crippen LogP contribution in [0.1, 0.15) is 41.4 Å². The SMILES string of the molecule is CCC1CCN(S(=O)(=O)c2c(C)csc2C(=O)OC)CC1. The van der Waals surface area contributed by atoms with Crippen LogP contribution in [0.2, 0.25) is 0 Å². The highest BCUT2D eigenvalue weighted by molar-refractivity contribution is 7.89. The first-order valence-electron chi connectivity index (χ1n) is 7.08. The van der Waals surface area contributed by atoms with Crippen molar-refractivity contribution in [2.45, 2.75) is 38.0 Å². The molecule has 1 aliphatic heterocycles. The number of sulfonamides is 1. The average Bonchev–Trinajstić information content (AvgIpc) is 2.89. The first kappa shape index (κ1) is 16.5. The van der Waals surface area contributed by atoms with Crippen molar-refractivity contribution < 1.29 is 17.9 Å². The Balaban J connectivity index is 2.32. The van der Waals surface area contributed by atoms with Crippen molar-refractivity contribution in [3.8, 4) is 0 Å². The van der Waals surface area contributed by atoms with Crippen LogP contribution in [0, 0.1) is 12.8 Å². The fourth-order valence-corrected chi connectivity index (χ4v) is 5.80. The smallest absolute Gasteiger partial charge is 0.349 e. The molecule has 1 saturated heterocycles. The molecule has 0 amide bonds. The predicted octanol–water partition coefficient (Wildman–Crippen LogP) is 2.65. The molecule has 0 radical (unpaired) electrons. The summed E-state index contributed by atoms with van der Waals surface area (Å²) in [4.78, 5) is 12.1. The van der Waals surface area contributed by atoms with Gasteiger partial charge in [0.25, 0.3) is 0 Å². The van der Waals surface area contributed by atoms with Crippen LogP contribution in [0.15, 0.2) is 10.3 Å². The number of rotatable bonds is 4. The van der Waals surface area contributed by atoms with Crippen LogP contribution in [0.4, 0.5) is 0 Å². The van der Waals surface area contributed by atoms with Crippen molar-refractivity contribution in [3.05, 3.63) is 15.8 Å². The van der Waals surface area contributed by atoms with Gasteiger partial charge in [-0.15, -0.1) is 11.3 Å². The molecule has 5 nitrogen and oxygen atoms in total. The van der Waals surface area contributed by atoms with Gasteiger partial charge in [-0.25, -0.2) is 13.2 Å². The van der Waals surface area contributed by atoms with Crippen molar-refractivity contribution in [3.63, 3.8) is 0 Å². The summed E-state index contributed by atoms with van der Waals surface area (Å²) >= 11 is 1.12. The molecule has 1 fully saturated rings. The highest BCUT2D eigenvalue weighted by Crippen LogP contribution is 2.32. The fraction of sp³-hybridized carbons (Fsp3) is 0.643. The summed E-state index contributed by atoms with van der Waals surface area (Å²) < 4.78 is 31.9. The number of ether oxygens (including phenoxy) is 1. The molecule has 0 saturated carbocycles. The molecule has 0 N–H and O–H groups in total. The van der Waals surface area contributed by atoms with Gasteiger partial charge >= 0.3 is 5.97 Å². The molecule has 0 aliphatic carbocycles. The van der Waals surface area contributed by atoms with E-state index in [4.69, 9.17) is 4.74 Å². The lowest BCUT2D eigenvalue weighted by Crippen LogP contribution is -2.38. The summed E-state index contributed by atoms with van der Waals surface area (Å²) in [5.74, 6) is 0.00946. The first-order valence-corrected chi connectivity index (χ1v) is 9.40. The van der Waals surface area contributed by atoms with Crippen molar-refractivity contribution in [2.24, 2.45) is 5.92 Å². The van der Waals surface area contributed by atoms with Crippen LogP contribution < -0.4 is 0 Å². The Morgan fingerprint density at radius 3 is 2.57 bits per heavy atom. The van der Waals surface area contributed by atoms with Crippen molar-refractivity contribution >= 4 is 27.3 Å². The molecule has 21 heavy (non-hydrogen) atoms. The van der Waals surface area contributed by atoms with Gasteiger partial charge in [-0.2, -0.15) is 4.31 Å². The minimum atomic E-state index is -3.62. The maximum Gasteiger partial charge on any atom is 0.349 e. The Morgan fingerprint density at radius 1 is 1.43 bits per heavy atom. The molecule has 1 aromatic heterocycles. The van der Waals surface area contributed by atoms with Gasteiger partial charge in [0.15, 0.2) is 0 Å². The van der Waals surface area contributed by atoms with Crippen molar-refractivity contribution in [1.82, 2.24) is 4.31 Å². The lowest BCUT2D eigenvalue weighted by molar-refractivity contribution is 0.0602. The van der Waals surface area contributed by atoms with E-state index >= 15 is 0 Å². The lowest BCUT2D eigenvalue weighted by atomic mass is 9.96. The van der Waals surface area contributed by atoms with Gasteiger partial charge in [0.05, 0.1) is 7.11 Å². The molecule has 0 bridgehead atoms. The number of carbonyl (C=O) groups excluding carboxylic acids is 1. The third-order valence-electron chi connectivity index (χ3n) is 4.04. The summed E-state index contributed by atoms with van der Waals surface area (Å²) in [6, 6.07) is 0. The summed E-state index contributed by atoms with van der Waals surface area (Å²) in [6.45, 7) is 4.90. The molecule has 0 atom stereocenters. The van der Waals surface area contributed by atoms with Gasteiger partial charge in [-0.3, -0.25) is 0 Å². The van der Waals surface area contributed by atoms with E-state index in [1.54, 1.807) is 12.3 Å². The quantitative estimate of drug-likeness (QED) is 0.796. The third kappa shape index (κ3) is 3.14. The Hall–Kier alpha value is -0.920. The van der Waals surface area contributed by atoms with Crippen LogP contribution in [-0.2, 0) is 14.8 Å². The van der Waals surface area contributed by atoms with Gasteiger partial charge in [-0.1, -0.05) is 13.3 Å². The van der Waals surface area contributed by atoms with E-state index in [9.17, 15) is 13.2 Å². The number of hydrogen-bond acceptors (Lipinski definition) is 5. The maximum atomic E-state index is 12.8. The van der Waals surface area contributed by atoms with Crippen molar-refractivity contribution in [2.75, 3.05) is 20.2 Å². The number of thiophene rings is 1. The highest BCUT2D eigenvalue weighted by atomic mass is 32.2. The molecular formula is C14H21NO4S2. The highest BCUT2D eigenvalue weighted by Gasteiger charge is 2.34. The molecule has 2 heterocycles. The van der Waals surface area contributed by atoms with Crippen LogP contribution in [-0.4, -0.2) is 38.9 Å². The van der Waals surface area contributed by atoms with E-state index in [2.05, 4.69) is 6.92 Å². The van der Waals surface area contributed by atoms with Gasteiger partial charge in [0, 0.05) is 13.1 Å². The van der Waals surface area contributed by atoms with E-state index in [0.717, 1.165) is 30.6 Å². The second kappa shape index (κ2) is 6.46. The van der Waals surface area contributed by atoms with Gasteiger partial charge in [0.1, 0.15) is 9.77 Å². The number of piperidine rings is 1. The molecule has 0 spiro atoms. The van der Waals surface area contributed by atoms with E-state index in [1.807, 2.05) is 0 Å². The topological polar surface area (TPSA) is 63.7 Å². The number of methoxy groups -OCH3 is 1. The Labute approximate surface area is 130 Å². The average molecular weight is 331 g/mol. The van der Waals surface area contributed by atoms with Crippen LogP contribution in [0.3, 0.4) is 0 Å². The van der Waals surface area contributed by atoms with Gasteiger partial charge in [0.2, 0.25) is 10.0 Å². The van der Waals surface area contributed by atoms with Crippen LogP contribution >= 0.6 is 11.3 Å². The standard InChI is InChI=1S/C14H21NO4S2/c1-4-11-5-7-15(8-6-11)21(17,18)13-10(2)9-20-12(13)14(16)19-3/h9,11H,4-8H2,1-3H3. The third-order valence-corrected chi connectivity index (χ3v) is 7.33. The molecule has 1 aromatic rings. The predicted molar refractivity (Wildman–Crippen MR) is 82.2 cm³/mol. The molecule has 0 unspecified atom stereocenters. The van der Waals surface area contributed by atoms with E-state index < -0.39 is 16.0 Å². The summed E-state index contributed by atoms with van der Waals surface area (Å²) in [7, 11) is -2.36. The Kier molecular flexibility index (Phi) is 5.06. The number of esters is 1. The molecule has 2 rings (SSSR count). The number of aryl methyl sites for hydroxylation is 1. The van der Waals surface area contributed by atoms with E-state index in [0.29, 0.717) is 24.6 Å². The fourth-order valence-electron chi connectivity index (χ4n) is 2.67.